The number of hydrogen-bond acceptors (Lipinski definition) is 2. The van der Waals surface area contributed by atoms with Crippen LogP contribution >= 0.6 is 0 Å². The summed E-state index contributed by atoms with van der Waals surface area (Å²) < 4.78 is 13.1. The zero-order valence-corrected chi connectivity index (χ0v) is 15.4. The second kappa shape index (κ2) is 7.61. The maximum Gasteiger partial charge on any atom is 0.252 e. The molecule has 4 heteroatoms. The van der Waals surface area contributed by atoms with Crippen molar-refractivity contribution in [1.29, 1.82) is 0 Å². The second-order valence-electron chi connectivity index (χ2n) is 6.65. The molecule has 28 heavy (non-hydrogen) atoms. The quantitative estimate of drug-likeness (QED) is 0.531. The molecule has 3 aromatic carbocycles. The number of pyridine rings is 1. The molecule has 0 atom stereocenters. The van der Waals surface area contributed by atoms with Crippen LogP contribution in [0.4, 0.5) is 4.39 Å². The van der Waals surface area contributed by atoms with E-state index >= 15 is 0 Å². The average Bonchev–Trinajstić information content (AvgIpc) is 2.73. The van der Waals surface area contributed by atoms with E-state index in [4.69, 9.17) is 4.98 Å². The summed E-state index contributed by atoms with van der Waals surface area (Å²) in [5, 5.41) is 3.77. The fraction of sp³-hybridized carbons (Fsp3) is 0.0833. The molecule has 0 aliphatic rings. The number of nitrogens with zero attached hydrogens (tertiary/aromatic N) is 1. The van der Waals surface area contributed by atoms with Gasteiger partial charge in [0.05, 0.1) is 16.8 Å². The predicted octanol–water partition coefficient (Wildman–Crippen LogP) is 5.28. The summed E-state index contributed by atoms with van der Waals surface area (Å²) in [7, 11) is 0. The highest BCUT2D eigenvalue weighted by Gasteiger charge is 2.18. The van der Waals surface area contributed by atoms with Gasteiger partial charge in [0, 0.05) is 17.5 Å². The molecular weight excluding hydrogens is 351 g/mol. The van der Waals surface area contributed by atoms with Crippen molar-refractivity contribution < 1.29 is 9.18 Å². The molecule has 0 spiro atoms. The molecule has 4 aromatic rings. The zero-order valence-electron chi connectivity index (χ0n) is 15.4. The molecule has 1 aromatic heterocycles. The van der Waals surface area contributed by atoms with Crippen LogP contribution in [0.5, 0.6) is 0 Å². The first-order chi connectivity index (χ1) is 13.6. The van der Waals surface area contributed by atoms with Crippen LogP contribution in [0, 0.1) is 12.7 Å². The maximum atomic E-state index is 13.1. The fourth-order valence-corrected chi connectivity index (χ4v) is 3.35. The summed E-state index contributed by atoms with van der Waals surface area (Å²) >= 11 is 0. The van der Waals surface area contributed by atoms with Gasteiger partial charge in [-0.15, -0.1) is 0 Å². The van der Waals surface area contributed by atoms with Crippen molar-refractivity contribution in [2.75, 3.05) is 0 Å². The number of amides is 1. The first-order valence-electron chi connectivity index (χ1n) is 9.11. The standard InChI is InChI=1S/C24H19FN2O/c1-16-22(24(28)26-15-17-11-13-19(25)14-12-17)20-9-5-6-10-21(20)27-23(16)18-7-3-2-4-8-18/h2-14H,15H2,1H3,(H,26,28). The van der Waals surface area contributed by atoms with Gasteiger partial charge in [-0.3, -0.25) is 4.79 Å². The highest BCUT2D eigenvalue weighted by Crippen LogP contribution is 2.29. The number of fused-ring (bicyclic) bond motifs is 1. The summed E-state index contributed by atoms with van der Waals surface area (Å²) in [5.41, 5.74) is 4.84. The fourth-order valence-electron chi connectivity index (χ4n) is 3.35. The van der Waals surface area contributed by atoms with Crippen LogP contribution in [0.3, 0.4) is 0 Å². The van der Waals surface area contributed by atoms with Crippen molar-refractivity contribution in [2.45, 2.75) is 13.5 Å². The molecule has 4 rings (SSSR count). The minimum absolute atomic E-state index is 0.169. The first kappa shape index (κ1) is 17.9. The molecule has 138 valence electrons. The molecule has 0 aliphatic carbocycles. The summed E-state index contributed by atoms with van der Waals surface area (Å²) in [4.78, 5) is 17.9. The Kier molecular flexibility index (Phi) is 4.85. The molecule has 1 heterocycles. The van der Waals surface area contributed by atoms with Gasteiger partial charge < -0.3 is 5.32 Å². The van der Waals surface area contributed by atoms with Crippen molar-refractivity contribution in [3.8, 4) is 11.3 Å². The Balaban J connectivity index is 1.75. The summed E-state index contributed by atoms with van der Waals surface area (Å²) in [6, 6.07) is 23.6. The van der Waals surface area contributed by atoms with E-state index in [0.29, 0.717) is 12.1 Å². The SMILES string of the molecule is Cc1c(-c2ccccc2)nc2ccccc2c1C(=O)NCc1ccc(F)cc1. The molecule has 0 aliphatic heterocycles. The Morgan fingerprint density at radius 3 is 2.36 bits per heavy atom. The van der Waals surface area contributed by atoms with E-state index in [1.165, 1.54) is 12.1 Å². The Morgan fingerprint density at radius 2 is 1.61 bits per heavy atom. The van der Waals surface area contributed by atoms with Gasteiger partial charge in [-0.1, -0.05) is 60.7 Å². The third-order valence-electron chi connectivity index (χ3n) is 4.78. The number of carbonyl (C=O) groups is 1. The Hall–Kier alpha value is -3.53. The van der Waals surface area contributed by atoms with E-state index in [0.717, 1.165) is 33.3 Å². The number of para-hydroxylation sites is 1. The largest absolute Gasteiger partial charge is 0.348 e. The first-order valence-corrected chi connectivity index (χ1v) is 9.11. The molecule has 1 amide bonds. The molecule has 0 bridgehead atoms. The van der Waals surface area contributed by atoms with Crippen molar-refractivity contribution in [3.63, 3.8) is 0 Å². The van der Waals surface area contributed by atoms with Gasteiger partial charge in [0.25, 0.3) is 5.91 Å². The van der Waals surface area contributed by atoms with E-state index < -0.39 is 0 Å². The molecule has 0 unspecified atom stereocenters. The Labute approximate surface area is 162 Å². The van der Waals surface area contributed by atoms with Gasteiger partial charge in [-0.2, -0.15) is 0 Å². The number of benzene rings is 3. The van der Waals surface area contributed by atoms with Crippen molar-refractivity contribution in [2.24, 2.45) is 0 Å². The van der Waals surface area contributed by atoms with E-state index in [9.17, 15) is 9.18 Å². The molecule has 3 nitrogen and oxygen atoms in total. The molecule has 0 fully saturated rings. The number of carbonyl (C=O) groups excluding carboxylic acids is 1. The topological polar surface area (TPSA) is 42.0 Å². The second-order valence-corrected chi connectivity index (χ2v) is 6.65. The van der Waals surface area contributed by atoms with Crippen molar-refractivity contribution in [3.05, 3.63) is 101 Å². The normalized spacial score (nSPS) is 10.8. The summed E-state index contributed by atoms with van der Waals surface area (Å²) in [5.74, 6) is -0.462. The predicted molar refractivity (Wildman–Crippen MR) is 109 cm³/mol. The third-order valence-corrected chi connectivity index (χ3v) is 4.78. The van der Waals surface area contributed by atoms with E-state index in [1.54, 1.807) is 12.1 Å². The minimum Gasteiger partial charge on any atom is -0.348 e. The number of hydrogen-bond donors (Lipinski definition) is 1. The molecule has 1 N–H and O–H groups in total. The van der Waals surface area contributed by atoms with Gasteiger partial charge in [0.2, 0.25) is 0 Å². The van der Waals surface area contributed by atoms with E-state index in [2.05, 4.69) is 5.32 Å². The van der Waals surface area contributed by atoms with Gasteiger partial charge in [-0.05, 0) is 36.2 Å². The van der Waals surface area contributed by atoms with Crippen LogP contribution in [0.1, 0.15) is 21.5 Å². The molecule has 0 saturated carbocycles. The molecule has 0 radical (unpaired) electrons. The molecular formula is C24H19FN2O. The maximum absolute atomic E-state index is 13.1. The number of rotatable bonds is 4. The molecule has 0 saturated heterocycles. The Morgan fingerprint density at radius 1 is 0.929 bits per heavy atom. The van der Waals surface area contributed by atoms with Crippen molar-refractivity contribution >= 4 is 16.8 Å². The van der Waals surface area contributed by atoms with E-state index in [-0.39, 0.29) is 11.7 Å². The smallest absolute Gasteiger partial charge is 0.252 e. The van der Waals surface area contributed by atoms with Gasteiger partial charge in [0.1, 0.15) is 5.82 Å². The lowest BCUT2D eigenvalue weighted by molar-refractivity contribution is 0.0952. The van der Waals surface area contributed by atoms with Gasteiger partial charge >= 0.3 is 0 Å². The van der Waals surface area contributed by atoms with Crippen molar-refractivity contribution in [1.82, 2.24) is 10.3 Å². The van der Waals surface area contributed by atoms with Crippen LogP contribution in [0.2, 0.25) is 0 Å². The lowest BCUT2D eigenvalue weighted by Gasteiger charge is -2.15. The van der Waals surface area contributed by atoms with Gasteiger partial charge in [0.15, 0.2) is 0 Å². The minimum atomic E-state index is -0.293. The van der Waals surface area contributed by atoms with Crippen LogP contribution in [0.15, 0.2) is 78.9 Å². The highest BCUT2D eigenvalue weighted by molar-refractivity contribution is 6.08. The monoisotopic (exact) mass is 370 g/mol. The van der Waals surface area contributed by atoms with Gasteiger partial charge in [-0.25, -0.2) is 9.37 Å². The van der Waals surface area contributed by atoms with Crippen LogP contribution in [0.25, 0.3) is 22.2 Å². The number of aromatic nitrogens is 1. The van der Waals surface area contributed by atoms with Crippen LogP contribution < -0.4 is 5.32 Å². The third kappa shape index (κ3) is 3.49. The number of halogens is 1. The summed E-state index contributed by atoms with van der Waals surface area (Å²) in [6.07, 6.45) is 0. The van der Waals surface area contributed by atoms with Crippen LogP contribution in [-0.4, -0.2) is 10.9 Å². The Bertz CT molecular complexity index is 1140. The average molecular weight is 370 g/mol. The highest BCUT2D eigenvalue weighted by atomic mass is 19.1. The zero-order chi connectivity index (χ0) is 19.5. The van der Waals surface area contributed by atoms with E-state index in [1.807, 2.05) is 61.5 Å². The number of nitrogens with one attached hydrogen (secondary N) is 1. The lowest BCUT2D eigenvalue weighted by Crippen LogP contribution is -2.24. The summed E-state index contributed by atoms with van der Waals surface area (Å²) in [6.45, 7) is 2.25. The lowest BCUT2D eigenvalue weighted by atomic mass is 9.97. The van der Waals surface area contributed by atoms with Crippen LogP contribution in [-0.2, 0) is 6.54 Å².